The smallest absolute Gasteiger partial charge is 0.308 e. The van der Waals surface area contributed by atoms with Gasteiger partial charge in [0.15, 0.2) is 0 Å². The SMILES string of the molecule is CCCC(CNC(=O)c1cccc(OCC(C)C)c1)C(=O)O. The number of carbonyl (C=O) groups excluding carboxylic acids is 1. The highest BCUT2D eigenvalue weighted by atomic mass is 16.5. The lowest BCUT2D eigenvalue weighted by Crippen LogP contribution is -2.32. The maximum atomic E-state index is 12.1. The number of nitrogens with one attached hydrogen (secondary N) is 1. The van der Waals surface area contributed by atoms with Gasteiger partial charge in [-0.15, -0.1) is 0 Å². The molecule has 0 fully saturated rings. The van der Waals surface area contributed by atoms with Crippen LogP contribution in [-0.4, -0.2) is 30.1 Å². The molecule has 0 aliphatic rings. The number of amides is 1. The van der Waals surface area contributed by atoms with E-state index in [1.807, 2.05) is 6.92 Å². The molecule has 0 bridgehead atoms. The van der Waals surface area contributed by atoms with Crippen molar-refractivity contribution in [2.24, 2.45) is 11.8 Å². The van der Waals surface area contributed by atoms with Crippen LogP contribution in [0.2, 0.25) is 0 Å². The van der Waals surface area contributed by atoms with E-state index in [0.717, 1.165) is 6.42 Å². The van der Waals surface area contributed by atoms with Gasteiger partial charge in [-0.3, -0.25) is 9.59 Å². The maximum Gasteiger partial charge on any atom is 0.308 e. The zero-order valence-corrected chi connectivity index (χ0v) is 13.5. The van der Waals surface area contributed by atoms with Gasteiger partial charge >= 0.3 is 5.97 Å². The van der Waals surface area contributed by atoms with Gasteiger partial charge < -0.3 is 15.2 Å². The van der Waals surface area contributed by atoms with Gasteiger partial charge in [-0.25, -0.2) is 0 Å². The molecule has 1 aromatic carbocycles. The van der Waals surface area contributed by atoms with Crippen molar-refractivity contribution >= 4 is 11.9 Å². The molecule has 122 valence electrons. The van der Waals surface area contributed by atoms with E-state index in [1.54, 1.807) is 24.3 Å². The number of hydrogen-bond acceptors (Lipinski definition) is 3. The summed E-state index contributed by atoms with van der Waals surface area (Å²) in [6.07, 6.45) is 1.32. The topological polar surface area (TPSA) is 75.6 Å². The van der Waals surface area contributed by atoms with Crippen molar-refractivity contribution in [1.29, 1.82) is 0 Å². The molecular formula is C17H25NO4. The number of rotatable bonds is 9. The Morgan fingerprint density at radius 3 is 2.64 bits per heavy atom. The van der Waals surface area contributed by atoms with Gasteiger partial charge in [0.1, 0.15) is 5.75 Å². The van der Waals surface area contributed by atoms with E-state index < -0.39 is 11.9 Å². The Balaban J connectivity index is 2.61. The first kappa shape index (κ1) is 18.0. The molecule has 0 aromatic heterocycles. The van der Waals surface area contributed by atoms with Crippen molar-refractivity contribution in [2.45, 2.75) is 33.6 Å². The predicted octanol–water partition coefficient (Wildman–Crippen LogP) is 2.95. The van der Waals surface area contributed by atoms with Gasteiger partial charge in [0.05, 0.1) is 12.5 Å². The quantitative estimate of drug-likeness (QED) is 0.735. The van der Waals surface area contributed by atoms with Crippen LogP contribution < -0.4 is 10.1 Å². The van der Waals surface area contributed by atoms with Crippen molar-refractivity contribution < 1.29 is 19.4 Å². The number of carboxylic acid groups (broad SMARTS) is 1. The summed E-state index contributed by atoms with van der Waals surface area (Å²) >= 11 is 0. The number of carbonyl (C=O) groups is 2. The van der Waals surface area contributed by atoms with E-state index in [1.165, 1.54) is 0 Å². The van der Waals surface area contributed by atoms with E-state index >= 15 is 0 Å². The highest BCUT2D eigenvalue weighted by Gasteiger charge is 2.17. The zero-order valence-electron chi connectivity index (χ0n) is 13.5. The largest absolute Gasteiger partial charge is 0.493 e. The minimum Gasteiger partial charge on any atom is -0.493 e. The summed E-state index contributed by atoms with van der Waals surface area (Å²) < 4.78 is 5.59. The first-order valence-electron chi connectivity index (χ1n) is 7.67. The number of carboxylic acids is 1. The Bertz CT molecular complexity index is 499. The lowest BCUT2D eigenvalue weighted by Gasteiger charge is -2.13. The molecule has 22 heavy (non-hydrogen) atoms. The lowest BCUT2D eigenvalue weighted by atomic mass is 10.0. The molecule has 2 N–H and O–H groups in total. The first-order chi connectivity index (χ1) is 10.4. The summed E-state index contributed by atoms with van der Waals surface area (Å²) in [6, 6.07) is 6.92. The van der Waals surface area contributed by atoms with Crippen LogP contribution >= 0.6 is 0 Å². The molecule has 5 heteroatoms. The summed E-state index contributed by atoms with van der Waals surface area (Å²) in [5.41, 5.74) is 0.474. The molecule has 1 unspecified atom stereocenters. The van der Waals surface area contributed by atoms with Crippen molar-refractivity contribution in [3.05, 3.63) is 29.8 Å². The molecule has 0 aliphatic heterocycles. The molecule has 1 amide bonds. The average molecular weight is 307 g/mol. The van der Waals surface area contributed by atoms with E-state index in [-0.39, 0.29) is 12.5 Å². The number of benzene rings is 1. The number of hydrogen-bond donors (Lipinski definition) is 2. The van der Waals surface area contributed by atoms with E-state index in [0.29, 0.717) is 30.3 Å². The molecule has 1 aromatic rings. The van der Waals surface area contributed by atoms with Crippen LogP contribution in [0, 0.1) is 11.8 Å². The van der Waals surface area contributed by atoms with Crippen LogP contribution in [0.15, 0.2) is 24.3 Å². The zero-order chi connectivity index (χ0) is 16.5. The van der Waals surface area contributed by atoms with Crippen LogP contribution in [0.4, 0.5) is 0 Å². The van der Waals surface area contributed by atoms with E-state index in [4.69, 9.17) is 9.84 Å². The number of aliphatic carboxylic acids is 1. The van der Waals surface area contributed by atoms with Crippen molar-refractivity contribution in [3.63, 3.8) is 0 Å². The third kappa shape index (κ3) is 6.16. The van der Waals surface area contributed by atoms with Crippen LogP contribution in [0.25, 0.3) is 0 Å². The van der Waals surface area contributed by atoms with Crippen LogP contribution in [0.3, 0.4) is 0 Å². The fourth-order valence-electron chi connectivity index (χ4n) is 1.97. The lowest BCUT2D eigenvalue weighted by molar-refractivity contribution is -0.141. The molecule has 0 spiro atoms. The van der Waals surface area contributed by atoms with E-state index in [9.17, 15) is 9.59 Å². The monoisotopic (exact) mass is 307 g/mol. The van der Waals surface area contributed by atoms with Gasteiger partial charge in [-0.1, -0.05) is 33.3 Å². The molecule has 0 radical (unpaired) electrons. The highest BCUT2D eigenvalue weighted by molar-refractivity contribution is 5.94. The second-order valence-corrected chi connectivity index (χ2v) is 5.77. The van der Waals surface area contributed by atoms with Gasteiger partial charge in [0, 0.05) is 12.1 Å². The third-order valence-corrected chi connectivity index (χ3v) is 3.17. The van der Waals surface area contributed by atoms with Crippen molar-refractivity contribution in [3.8, 4) is 5.75 Å². The molecule has 0 aliphatic carbocycles. The molecular weight excluding hydrogens is 282 g/mol. The molecule has 0 saturated heterocycles. The number of ether oxygens (including phenoxy) is 1. The fraction of sp³-hybridized carbons (Fsp3) is 0.529. The third-order valence-electron chi connectivity index (χ3n) is 3.17. The Morgan fingerprint density at radius 1 is 1.32 bits per heavy atom. The Morgan fingerprint density at radius 2 is 2.05 bits per heavy atom. The van der Waals surface area contributed by atoms with Crippen molar-refractivity contribution in [2.75, 3.05) is 13.2 Å². The second kappa shape index (κ2) is 9.07. The van der Waals surface area contributed by atoms with Crippen LogP contribution in [0.1, 0.15) is 44.0 Å². The first-order valence-corrected chi connectivity index (χ1v) is 7.67. The summed E-state index contributed by atoms with van der Waals surface area (Å²) in [7, 11) is 0. The molecule has 5 nitrogen and oxygen atoms in total. The summed E-state index contributed by atoms with van der Waals surface area (Å²) in [6.45, 7) is 6.75. The minimum absolute atomic E-state index is 0.138. The summed E-state index contributed by atoms with van der Waals surface area (Å²) in [5.74, 6) is -0.657. The maximum absolute atomic E-state index is 12.1. The minimum atomic E-state index is -0.879. The van der Waals surface area contributed by atoms with E-state index in [2.05, 4.69) is 19.2 Å². The highest BCUT2D eigenvalue weighted by Crippen LogP contribution is 2.14. The van der Waals surface area contributed by atoms with Gasteiger partial charge in [0.25, 0.3) is 5.91 Å². The van der Waals surface area contributed by atoms with Crippen LogP contribution in [0.5, 0.6) is 5.75 Å². The molecule has 0 heterocycles. The fourth-order valence-corrected chi connectivity index (χ4v) is 1.97. The standard InChI is InChI=1S/C17H25NO4/c1-4-6-14(17(20)21)10-18-16(19)13-7-5-8-15(9-13)22-11-12(2)3/h5,7-9,12,14H,4,6,10-11H2,1-3H3,(H,18,19)(H,20,21). The Hall–Kier alpha value is -2.04. The second-order valence-electron chi connectivity index (χ2n) is 5.77. The van der Waals surface area contributed by atoms with Gasteiger partial charge in [-0.05, 0) is 30.5 Å². The summed E-state index contributed by atoms with van der Waals surface area (Å²) in [5, 5.41) is 11.8. The predicted molar refractivity (Wildman–Crippen MR) is 85.1 cm³/mol. The van der Waals surface area contributed by atoms with Crippen LogP contribution in [-0.2, 0) is 4.79 Å². The van der Waals surface area contributed by atoms with Gasteiger partial charge in [-0.2, -0.15) is 0 Å². The average Bonchev–Trinajstić information content (AvgIpc) is 2.49. The molecule has 1 rings (SSSR count). The van der Waals surface area contributed by atoms with Crippen molar-refractivity contribution in [1.82, 2.24) is 5.32 Å². The molecule has 1 atom stereocenters. The summed E-state index contributed by atoms with van der Waals surface area (Å²) in [4.78, 5) is 23.2. The molecule has 0 saturated carbocycles. The Labute approximate surface area is 131 Å². The Kier molecular flexibility index (Phi) is 7.43. The van der Waals surface area contributed by atoms with Gasteiger partial charge in [0.2, 0.25) is 0 Å². The normalized spacial score (nSPS) is 12.0.